The smallest absolute Gasteiger partial charge is 0.195 e. The van der Waals surface area contributed by atoms with Crippen LogP contribution in [0.2, 0.25) is 0 Å². The van der Waals surface area contributed by atoms with E-state index in [1.165, 1.54) is 5.69 Å². The third-order valence-corrected chi connectivity index (χ3v) is 4.86. The molecule has 0 saturated carbocycles. The number of thiazole rings is 1. The number of imidazole rings is 1. The van der Waals surface area contributed by atoms with Crippen LogP contribution in [0.25, 0.3) is 4.96 Å². The summed E-state index contributed by atoms with van der Waals surface area (Å²) in [4.78, 5) is 8.26. The van der Waals surface area contributed by atoms with E-state index in [9.17, 15) is 0 Å². The van der Waals surface area contributed by atoms with E-state index in [1.54, 1.807) is 11.3 Å². The van der Waals surface area contributed by atoms with Crippen LogP contribution in [0.4, 0.5) is 5.82 Å². The highest BCUT2D eigenvalue weighted by atomic mass is 79.9. The number of halogens is 1. The number of fused-ring (bicyclic) bond motifs is 1. The van der Waals surface area contributed by atoms with E-state index in [4.69, 9.17) is 9.72 Å². The average molecular weight is 344 g/mol. The van der Waals surface area contributed by atoms with Gasteiger partial charge in [-0.15, -0.1) is 11.3 Å². The number of rotatable bonds is 3. The lowest BCUT2D eigenvalue weighted by Crippen LogP contribution is -2.32. The summed E-state index contributed by atoms with van der Waals surface area (Å²) in [6.07, 6.45) is 4.55. The Labute approximate surface area is 125 Å². The summed E-state index contributed by atoms with van der Waals surface area (Å²) >= 11 is 5.28. The Morgan fingerprint density at radius 2 is 2.47 bits per heavy atom. The van der Waals surface area contributed by atoms with Gasteiger partial charge in [0.15, 0.2) is 10.8 Å². The molecule has 6 heteroatoms. The number of ether oxygens (including phenoxy) is 1. The maximum Gasteiger partial charge on any atom is 0.195 e. The van der Waals surface area contributed by atoms with Crippen LogP contribution in [0.5, 0.6) is 0 Å². The molecule has 0 spiro atoms. The molecule has 104 valence electrons. The van der Waals surface area contributed by atoms with Crippen LogP contribution < -0.4 is 4.90 Å². The minimum absolute atomic E-state index is 0.324. The van der Waals surface area contributed by atoms with Gasteiger partial charge in [-0.25, -0.2) is 4.98 Å². The fraction of sp³-hybridized carbons (Fsp3) is 0.615. The molecule has 0 radical (unpaired) electrons. The van der Waals surface area contributed by atoms with Gasteiger partial charge in [-0.2, -0.15) is 0 Å². The van der Waals surface area contributed by atoms with Gasteiger partial charge in [0, 0.05) is 36.6 Å². The van der Waals surface area contributed by atoms with Crippen LogP contribution in [-0.2, 0) is 10.1 Å². The Hall–Kier alpha value is -0.590. The van der Waals surface area contributed by atoms with Crippen LogP contribution in [0.3, 0.4) is 0 Å². The molecule has 0 bridgehead atoms. The predicted molar refractivity (Wildman–Crippen MR) is 82.6 cm³/mol. The third-order valence-electron chi connectivity index (χ3n) is 3.57. The Balaban J connectivity index is 1.95. The molecule has 1 fully saturated rings. The standard InChI is InChI=1S/C13H18BrN3OS/c1-2-10-9-16(4-3-6-18-10)12-11(8-14)17-5-7-19-13(17)15-12/h5,7,10H,2-4,6,8-9H2,1H3. The van der Waals surface area contributed by atoms with Crippen LogP contribution in [0.15, 0.2) is 11.6 Å². The average Bonchev–Trinajstić information content (AvgIpc) is 2.91. The zero-order valence-corrected chi connectivity index (χ0v) is 13.4. The predicted octanol–water partition coefficient (Wildman–Crippen LogP) is 3.30. The molecule has 2 aromatic rings. The lowest BCUT2D eigenvalue weighted by atomic mass is 10.2. The van der Waals surface area contributed by atoms with Crippen molar-refractivity contribution in [3.63, 3.8) is 0 Å². The molecule has 0 amide bonds. The minimum Gasteiger partial charge on any atom is -0.376 e. The number of hydrogen-bond donors (Lipinski definition) is 0. The van der Waals surface area contributed by atoms with Gasteiger partial charge in [-0.3, -0.25) is 4.40 Å². The normalized spacial score (nSPS) is 20.9. The molecule has 19 heavy (non-hydrogen) atoms. The highest BCUT2D eigenvalue weighted by Gasteiger charge is 2.23. The molecule has 2 aromatic heterocycles. The van der Waals surface area contributed by atoms with Gasteiger partial charge in [0.2, 0.25) is 0 Å². The number of anilines is 1. The van der Waals surface area contributed by atoms with Gasteiger partial charge >= 0.3 is 0 Å². The topological polar surface area (TPSA) is 29.8 Å². The molecule has 0 aliphatic carbocycles. The Kier molecular flexibility index (Phi) is 4.10. The summed E-state index contributed by atoms with van der Waals surface area (Å²) < 4.78 is 8.03. The van der Waals surface area contributed by atoms with E-state index in [-0.39, 0.29) is 0 Å². The van der Waals surface area contributed by atoms with Crippen molar-refractivity contribution in [1.82, 2.24) is 9.38 Å². The zero-order chi connectivity index (χ0) is 13.2. The molecule has 1 unspecified atom stereocenters. The lowest BCUT2D eigenvalue weighted by Gasteiger charge is -2.24. The van der Waals surface area contributed by atoms with E-state index in [0.717, 1.165) is 48.6 Å². The Morgan fingerprint density at radius 1 is 1.58 bits per heavy atom. The summed E-state index contributed by atoms with van der Waals surface area (Å²) in [5, 5.41) is 2.91. The van der Waals surface area contributed by atoms with Crippen LogP contribution in [-0.4, -0.2) is 35.2 Å². The molecular weight excluding hydrogens is 326 g/mol. The molecule has 1 aliphatic rings. The summed E-state index contributed by atoms with van der Waals surface area (Å²) in [5.41, 5.74) is 1.24. The van der Waals surface area contributed by atoms with Crippen molar-refractivity contribution in [1.29, 1.82) is 0 Å². The van der Waals surface area contributed by atoms with Gasteiger partial charge in [-0.05, 0) is 12.8 Å². The fourth-order valence-electron chi connectivity index (χ4n) is 2.53. The van der Waals surface area contributed by atoms with Crippen molar-refractivity contribution >= 4 is 38.0 Å². The lowest BCUT2D eigenvalue weighted by molar-refractivity contribution is 0.0664. The maximum absolute atomic E-state index is 5.85. The number of aromatic nitrogens is 2. The molecule has 0 aromatic carbocycles. The molecular formula is C13H18BrN3OS. The SMILES string of the molecule is CCC1CN(c2nc3sccn3c2CBr)CCCO1. The van der Waals surface area contributed by atoms with Crippen molar-refractivity contribution in [2.75, 3.05) is 24.6 Å². The van der Waals surface area contributed by atoms with Crippen molar-refractivity contribution in [2.24, 2.45) is 0 Å². The first-order valence-electron chi connectivity index (χ1n) is 6.70. The van der Waals surface area contributed by atoms with E-state index >= 15 is 0 Å². The second-order valence-corrected chi connectivity index (χ2v) is 6.21. The second kappa shape index (κ2) is 5.81. The summed E-state index contributed by atoms with van der Waals surface area (Å²) in [7, 11) is 0. The van der Waals surface area contributed by atoms with Crippen molar-refractivity contribution < 1.29 is 4.74 Å². The summed E-state index contributed by atoms with van der Waals surface area (Å²) in [6, 6.07) is 0. The van der Waals surface area contributed by atoms with Gasteiger partial charge in [-0.1, -0.05) is 22.9 Å². The highest BCUT2D eigenvalue weighted by molar-refractivity contribution is 9.08. The maximum atomic E-state index is 5.85. The first-order valence-corrected chi connectivity index (χ1v) is 8.70. The van der Waals surface area contributed by atoms with E-state index in [2.05, 4.69) is 43.7 Å². The van der Waals surface area contributed by atoms with Crippen LogP contribution in [0.1, 0.15) is 25.5 Å². The van der Waals surface area contributed by atoms with Gasteiger partial charge in [0.05, 0.1) is 11.8 Å². The highest BCUT2D eigenvalue weighted by Crippen LogP contribution is 2.28. The third kappa shape index (κ3) is 2.53. The van der Waals surface area contributed by atoms with Gasteiger partial charge in [0.25, 0.3) is 0 Å². The van der Waals surface area contributed by atoms with Crippen LogP contribution >= 0.6 is 27.3 Å². The monoisotopic (exact) mass is 343 g/mol. The van der Waals surface area contributed by atoms with Crippen LogP contribution in [0, 0.1) is 0 Å². The van der Waals surface area contributed by atoms with Gasteiger partial charge < -0.3 is 9.64 Å². The molecule has 1 saturated heterocycles. The van der Waals surface area contributed by atoms with E-state index in [1.807, 2.05) is 0 Å². The molecule has 1 atom stereocenters. The quantitative estimate of drug-likeness (QED) is 0.801. The zero-order valence-electron chi connectivity index (χ0n) is 11.0. The number of nitrogens with zero attached hydrogens (tertiary/aromatic N) is 3. The minimum atomic E-state index is 0.324. The summed E-state index contributed by atoms with van der Waals surface area (Å²) in [5.74, 6) is 1.12. The largest absolute Gasteiger partial charge is 0.376 e. The molecule has 1 aliphatic heterocycles. The Morgan fingerprint density at radius 3 is 3.26 bits per heavy atom. The van der Waals surface area contributed by atoms with Crippen molar-refractivity contribution in [2.45, 2.75) is 31.2 Å². The molecule has 3 heterocycles. The molecule has 3 rings (SSSR count). The van der Waals surface area contributed by atoms with Gasteiger partial charge in [0.1, 0.15) is 0 Å². The molecule has 4 nitrogen and oxygen atoms in total. The first-order chi connectivity index (χ1) is 9.33. The van der Waals surface area contributed by atoms with Crippen molar-refractivity contribution in [3.05, 3.63) is 17.3 Å². The second-order valence-electron chi connectivity index (χ2n) is 4.77. The number of hydrogen-bond acceptors (Lipinski definition) is 4. The van der Waals surface area contributed by atoms with Crippen molar-refractivity contribution in [3.8, 4) is 0 Å². The first kappa shape index (κ1) is 13.4. The molecule has 0 N–H and O–H groups in total. The van der Waals surface area contributed by atoms with E-state index < -0.39 is 0 Å². The number of alkyl halides is 1. The fourth-order valence-corrected chi connectivity index (χ4v) is 3.78. The Bertz CT molecular complexity index is 553. The van der Waals surface area contributed by atoms with E-state index in [0.29, 0.717) is 6.10 Å². The summed E-state index contributed by atoms with van der Waals surface area (Å²) in [6.45, 7) is 5.02.